The fraction of sp³-hybridized carbons (Fsp3) is 0.290. The van der Waals surface area contributed by atoms with E-state index in [-0.39, 0.29) is 55.6 Å². The highest BCUT2D eigenvalue weighted by atomic mass is 35.5. The van der Waals surface area contributed by atoms with Crippen molar-refractivity contribution in [2.24, 2.45) is 0 Å². The maximum atomic E-state index is 13.8. The van der Waals surface area contributed by atoms with Crippen LogP contribution in [0.1, 0.15) is 58.5 Å². The van der Waals surface area contributed by atoms with Crippen LogP contribution in [-0.2, 0) is 22.6 Å². The molecule has 1 heterocycles. The van der Waals surface area contributed by atoms with Crippen molar-refractivity contribution in [3.05, 3.63) is 106 Å². The largest absolute Gasteiger partial charge is 0.352 e. The standard InChI is InChI=1S/C31H32ClN3O4/c1-21(2)33-29(37)27(19-22-11-4-3-5-12-22)35(20-23-13-6-9-16-26(23)32)28(36)17-10-18-34-30(38)24-14-7-8-15-25(24)31(34)39/h3-9,11-16,21,27H,10,17-20H2,1-2H3,(H,33,37)/t27-/m1/s1. The molecule has 3 aromatic carbocycles. The Kier molecular flexibility index (Phi) is 9.15. The predicted octanol–water partition coefficient (Wildman–Crippen LogP) is 4.88. The van der Waals surface area contributed by atoms with Gasteiger partial charge in [-0.2, -0.15) is 0 Å². The summed E-state index contributed by atoms with van der Waals surface area (Å²) in [5.41, 5.74) is 2.40. The molecule has 0 aliphatic carbocycles. The predicted molar refractivity (Wildman–Crippen MR) is 150 cm³/mol. The zero-order valence-corrected chi connectivity index (χ0v) is 22.9. The highest BCUT2D eigenvalue weighted by Crippen LogP contribution is 2.24. The minimum atomic E-state index is -0.780. The van der Waals surface area contributed by atoms with Crippen molar-refractivity contribution in [3.63, 3.8) is 0 Å². The molecule has 0 radical (unpaired) electrons. The molecule has 3 aromatic rings. The zero-order valence-electron chi connectivity index (χ0n) is 22.1. The highest BCUT2D eigenvalue weighted by molar-refractivity contribution is 6.31. The number of hydrogen-bond donors (Lipinski definition) is 1. The third-order valence-corrected chi connectivity index (χ3v) is 7.02. The van der Waals surface area contributed by atoms with E-state index in [0.29, 0.717) is 22.6 Å². The summed E-state index contributed by atoms with van der Waals surface area (Å²) in [6.45, 7) is 4.01. The molecule has 1 atom stereocenters. The summed E-state index contributed by atoms with van der Waals surface area (Å²) in [6.07, 6.45) is 0.652. The average molecular weight is 546 g/mol. The number of carbonyl (C=O) groups excluding carboxylic acids is 4. The van der Waals surface area contributed by atoms with Gasteiger partial charge in [0.15, 0.2) is 0 Å². The Hall–Kier alpha value is -3.97. The van der Waals surface area contributed by atoms with Crippen molar-refractivity contribution in [2.45, 2.75) is 51.7 Å². The van der Waals surface area contributed by atoms with Crippen LogP contribution in [0.15, 0.2) is 78.9 Å². The van der Waals surface area contributed by atoms with Crippen molar-refractivity contribution in [1.29, 1.82) is 0 Å². The molecular formula is C31H32ClN3O4. The van der Waals surface area contributed by atoms with Gasteiger partial charge in [-0.25, -0.2) is 0 Å². The summed E-state index contributed by atoms with van der Waals surface area (Å²) >= 11 is 6.45. The van der Waals surface area contributed by atoms with E-state index >= 15 is 0 Å². The first kappa shape index (κ1) is 28.0. The average Bonchev–Trinajstić information content (AvgIpc) is 3.16. The van der Waals surface area contributed by atoms with Crippen LogP contribution < -0.4 is 5.32 Å². The molecule has 4 amide bonds. The van der Waals surface area contributed by atoms with Crippen LogP contribution >= 0.6 is 11.6 Å². The molecule has 1 aliphatic rings. The van der Waals surface area contributed by atoms with Crippen LogP contribution in [0.4, 0.5) is 0 Å². The second-order valence-corrected chi connectivity index (χ2v) is 10.3. The molecule has 7 nitrogen and oxygen atoms in total. The topological polar surface area (TPSA) is 86.8 Å². The SMILES string of the molecule is CC(C)NC(=O)[C@@H](Cc1ccccc1)N(Cc1ccccc1Cl)C(=O)CCCN1C(=O)c2ccccc2C1=O. The molecule has 0 fully saturated rings. The van der Waals surface area contributed by atoms with E-state index in [4.69, 9.17) is 11.6 Å². The maximum absolute atomic E-state index is 13.8. The molecule has 202 valence electrons. The number of halogens is 1. The molecular weight excluding hydrogens is 514 g/mol. The van der Waals surface area contributed by atoms with E-state index in [1.807, 2.05) is 62.4 Å². The van der Waals surface area contributed by atoms with Gasteiger partial charge in [-0.3, -0.25) is 24.1 Å². The van der Waals surface area contributed by atoms with E-state index < -0.39 is 6.04 Å². The lowest BCUT2D eigenvalue weighted by atomic mass is 10.0. The van der Waals surface area contributed by atoms with Crippen LogP contribution in [0.25, 0.3) is 0 Å². The summed E-state index contributed by atoms with van der Waals surface area (Å²) in [7, 11) is 0. The number of fused-ring (bicyclic) bond motifs is 1. The van der Waals surface area contributed by atoms with Gasteiger partial charge in [0.25, 0.3) is 11.8 Å². The molecule has 0 aromatic heterocycles. The van der Waals surface area contributed by atoms with Crippen LogP contribution in [-0.4, -0.2) is 52.1 Å². The number of rotatable bonds is 11. The molecule has 4 rings (SSSR count). The summed E-state index contributed by atoms with van der Waals surface area (Å²) < 4.78 is 0. The first-order chi connectivity index (χ1) is 18.8. The monoisotopic (exact) mass is 545 g/mol. The summed E-state index contributed by atoms with van der Waals surface area (Å²) in [5, 5.41) is 3.46. The maximum Gasteiger partial charge on any atom is 0.261 e. The Bertz CT molecular complexity index is 1320. The Balaban J connectivity index is 1.55. The molecule has 8 heteroatoms. The van der Waals surface area contributed by atoms with Gasteiger partial charge in [0.05, 0.1) is 11.1 Å². The summed E-state index contributed by atoms with van der Waals surface area (Å²) in [4.78, 5) is 55.4. The minimum Gasteiger partial charge on any atom is -0.352 e. The number of carbonyl (C=O) groups is 4. The van der Waals surface area contributed by atoms with Crippen LogP contribution in [0.3, 0.4) is 0 Å². The molecule has 0 unspecified atom stereocenters. The van der Waals surface area contributed by atoms with Gasteiger partial charge < -0.3 is 10.2 Å². The van der Waals surface area contributed by atoms with E-state index in [9.17, 15) is 19.2 Å². The Morgan fingerprint density at radius 2 is 1.46 bits per heavy atom. The number of amides is 4. The Morgan fingerprint density at radius 1 is 0.872 bits per heavy atom. The highest BCUT2D eigenvalue weighted by Gasteiger charge is 2.35. The molecule has 1 aliphatic heterocycles. The lowest BCUT2D eigenvalue weighted by Crippen LogP contribution is -2.51. The van der Waals surface area contributed by atoms with Crippen molar-refractivity contribution < 1.29 is 19.2 Å². The van der Waals surface area contributed by atoms with Crippen molar-refractivity contribution >= 4 is 35.2 Å². The van der Waals surface area contributed by atoms with Gasteiger partial charge in [0.2, 0.25) is 11.8 Å². The Morgan fingerprint density at radius 3 is 2.08 bits per heavy atom. The fourth-order valence-electron chi connectivity index (χ4n) is 4.72. The van der Waals surface area contributed by atoms with Crippen LogP contribution in [0, 0.1) is 0 Å². The molecule has 0 saturated heterocycles. The third-order valence-electron chi connectivity index (χ3n) is 6.65. The van der Waals surface area contributed by atoms with Crippen LogP contribution in [0.5, 0.6) is 0 Å². The van der Waals surface area contributed by atoms with E-state index in [1.54, 1.807) is 35.2 Å². The van der Waals surface area contributed by atoms with Crippen molar-refractivity contribution in [1.82, 2.24) is 15.1 Å². The second-order valence-electron chi connectivity index (χ2n) is 9.89. The van der Waals surface area contributed by atoms with E-state index in [2.05, 4.69) is 5.32 Å². The molecule has 1 N–H and O–H groups in total. The summed E-state index contributed by atoms with van der Waals surface area (Å²) in [5.74, 6) is -1.22. The van der Waals surface area contributed by atoms with E-state index in [1.165, 1.54) is 4.90 Å². The molecule has 0 bridgehead atoms. The van der Waals surface area contributed by atoms with Gasteiger partial charge in [-0.1, -0.05) is 72.3 Å². The van der Waals surface area contributed by atoms with Gasteiger partial charge in [-0.05, 0) is 49.6 Å². The quantitative estimate of drug-likeness (QED) is 0.348. The first-order valence-corrected chi connectivity index (χ1v) is 13.5. The smallest absolute Gasteiger partial charge is 0.261 e. The number of nitrogens with zero attached hydrogens (tertiary/aromatic N) is 2. The van der Waals surface area contributed by atoms with Gasteiger partial charge in [-0.15, -0.1) is 0 Å². The zero-order chi connectivity index (χ0) is 27.9. The lowest BCUT2D eigenvalue weighted by Gasteiger charge is -2.32. The third kappa shape index (κ3) is 6.73. The second kappa shape index (κ2) is 12.7. The van der Waals surface area contributed by atoms with Crippen molar-refractivity contribution in [2.75, 3.05) is 6.54 Å². The van der Waals surface area contributed by atoms with Gasteiger partial charge in [0.1, 0.15) is 6.04 Å². The number of nitrogens with one attached hydrogen (secondary N) is 1. The number of hydrogen-bond acceptors (Lipinski definition) is 4. The summed E-state index contributed by atoms with van der Waals surface area (Å²) in [6, 6.07) is 22.6. The molecule has 0 spiro atoms. The van der Waals surface area contributed by atoms with E-state index in [0.717, 1.165) is 11.1 Å². The molecule has 39 heavy (non-hydrogen) atoms. The van der Waals surface area contributed by atoms with Crippen molar-refractivity contribution in [3.8, 4) is 0 Å². The fourth-order valence-corrected chi connectivity index (χ4v) is 4.91. The first-order valence-electron chi connectivity index (χ1n) is 13.1. The van der Waals surface area contributed by atoms with Gasteiger partial charge in [0, 0.05) is 37.0 Å². The minimum absolute atomic E-state index is 0.0537. The lowest BCUT2D eigenvalue weighted by molar-refractivity contribution is -0.141. The van der Waals surface area contributed by atoms with Crippen LogP contribution in [0.2, 0.25) is 5.02 Å². The number of imide groups is 1. The molecule has 0 saturated carbocycles. The normalized spacial score (nSPS) is 13.4. The number of benzene rings is 3. The van der Waals surface area contributed by atoms with Gasteiger partial charge >= 0.3 is 0 Å². The Labute approximate surface area is 233 Å².